The number of amides is 1. The maximum Gasteiger partial charge on any atom is 0.336 e. The molecule has 0 aliphatic rings. The largest absolute Gasteiger partial charge is 0.423 e. The van der Waals surface area contributed by atoms with Crippen molar-refractivity contribution in [2.45, 2.75) is 19.9 Å². The van der Waals surface area contributed by atoms with Gasteiger partial charge in [0.25, 0.3) is 5.56 Å². The number of nitrogens with zero attached hydrogens (tertiary/aromatic N) is 2. The summed E-state index contributed by atoms with van der Waals surface area (Å²) in [4.78, 5) is 40.7. The van der Waals surface area contributed by atoms with Gasteiger partial charge in [-0.25, -0.2) is 9.78 Å². The van der Waals surface area contributed by atoms with E-state index < -0.39 is 5.63 Å². The third-order valence-electron chi connectivity index (χ3n) is 4.60. The predicted octanol–water partition coefficient (Wildman–Crippen LogP) is 3.60. The first-order valence-corrected chi connectivity index (χ1v) is 9.69. The molecule has 146 valence electrons. The molecule has 0 fully saturated rings. The molecule has 0 radical (unpaired) electrons. The summed E-state index contributed by atoms with van der Waals surface area (Å²) in [6.07, 6.45) is 1.54. The molecule has 0 saturated carbocycles. The molecule has 0 aliphatic carbocycles. The van der Waals surface area contributed by atoms with E-state index in [0.29, 0.717) is 22.2 Å². The minimum Gasteiger partial charge on any atom is -0.423 e. The molecule has 0 spiro atoms. The molecule has 0 aliphatic heterocycles. The van der Waals surface area contributed by atoms with Crippen molar-refractivity contribution in [2.75, 3.05) is 5.32 Å². The first kappa shape index (κ1) is 19.1. The maximum absolute atomic E-state index is 12.6. The van der Waals surface area contributed by atoms with Crippen molar-refractivity contribution in [3.8, 4) is 0 Å². The summed E-state index contributed by atoms with van der Waals surface area (Å²) in [5, 5.41) is 4.06. The van der Waals surface area contributed by atoms with Gasteiger partial charge in [-0.1, -0.05) is 15.9 Å². The molecular weight excluding hydrogens is 438 g/mol. The summed E-state index contributed by atoms with van der Waals surface area (Å²) in [6, 6.07) is 11.9. The zero-order valence-electron chi connectivity index (χ0n) is 15.4. The molecule has 2 aromatic carbocycles. The van der Waals surface area contributed by atoms with E-state index in [2.05, 4.69) is 26.2 Å². The van der Waals surface area contributed by atoms with Crippen LogP contribution in [0.5, 0.6) is 0 Å². The van der Waals surface area contributed by atoms with E-state index in [0.717, 1.165) is 15.4 Å². The minimum atomic E-state index is -0.437. The van der Waals surface area contributed by atoms with E-state index in [1.54, 1.807) is 30.3 Å². The number of carbonyl (C=O) groups excluding carboxylic acids is 1. The Labute approximate surface area is 173 Å². The van der Waals surface area contributed by atoms with Crippen molar-refractivity contribution >= 4 is 49.4 Å². The number of rotatable bonds is 4. The number of hydrogen-bond acceptors (Lipinski definition) is 5. The SMILES string of the molecule is Cc1cc(=O)oc2cc(NC(=O)CCn3cnc4ccc(Br)cc4c3=O)ccc12. The average molecular weight is 454 g/mol. The zero-order valence-corrected chi connectivity index (χ0v) is 17.0. The molecule has 29 heavy (non-hydrogen) atoms. The Morgan fingerprint density at radius 3 is 2.79 bits per heavy atom. The molecule has 4 aromatic rings. The van der Waals surface area contributed by atoms with Crippen LogP contribution in [0, 0.1) is 6.92 Å². The Balaban J connectivity index is 1.50. The second-order valence-corrected chi connectivity index (χ2v) is 7.58. The summed E-state index contributed by atoms with van der Waals surface area (Å²) in [5.74, 6) is -0.263. The molecule has 8 heteroatoms. The van der Waals surface area contributed by atoms with Gasteiger partial charge in [0.15, 0.2) is 0 Å². The van der Waals surface area contributed by atoms with Gasteiger partial charge in [0.2, 0.25) is 5.91 Å². The van der Waals surface area contributed by atoms with E-state index in [-0.39, 0.29) is 24.4 Å². The molecule has 0 atom stereocenters. The summed E-state index contributed by atoms with van der Waals surface area (Å²) in [6.45, 7) is 2.02. The molecule has 2 aromatic heterocycles. The molecule has 0 unspecified atom stereocenters. The standard InChI is InChI=1S/C21H16BrN3O4/c1-12-8-20(27)29-18-10-14(3-4-15(12)18)24-19(26)6-7-25-11-23-17-5-2-13(22)9-16(17)21(25)28/h2-5,8-11H,6-7H2,1H3,(H,24,26). The highest BCUT2D eigenvalue weighted by molar-refractivity contribution is 9.10. The van der Waals surface area contributed by atoms with Crippen molar-refractivity contribution in [1.29, 1.82) is 0 Å². The molecule has 4 rings (SSSR count). The van der Waals surface area contributed by atoms with E-state index in [4.69, 9.17) is 4.42 Å². The molecule has 0 saturated heterocycles. The molecule has 0 bridgehead atoms. The number of aryl methyl sites for hydroxylation is 2. The lowest BCUT2D eigenvalue weighted by Gasteiger charge is -2.09. The second-order valence-electron chi connectivity index (χ2n) is 6.66. The van der Waals surface area contributed by atoms with Gasteiger partial charge in [0.1, 0.15) is 5.58 Å². The van der Waals surface area contributed by atoms with Gasteiger partial charge in [-0.3, -0.25) is 14.2 Å². The number of fused-ring (bicyclic) bond motifs is 2. The Kier molecular flexibility index (Phi) is 5.02. The number of carbonyl (C=O) groups is 1. The van der Waals surface area contributed by atoms with Crippen LogP contribution in [0.1, 0.15) is 12.0 Å². The first-order chi connectivity index (χ1) is 13.9. The lowest BCUT2D eigenvalue weighted by Crippen LogP contribution is -2.23. The van der Waals surface area contributed by atoms with Crippen LogP contribution in [0.2, 0.25) is 0 Å². The number of aromatic nitrogens is 2. The molecule has 7 nitrogen and oxygen atoms in total. The van der Waals surface area contributed by atoms with Gasteiger partial charge in [-0.05, 0) is 42.8 Å². The monoisotopic (exact) mass is 453 g/mol. The van der Waals surface area contributed by atoms with Gasteiger partial charge < -0.3 is 9.73 Å². The lowest BCUT2D eigenvalue weighted by molar-refractivity contribution is -0.116. The van der Waals surface area contributed by atoms with E-state index in [1.165, 1.54) is 17.0 Å². The third kappa shape index (κ3) is 3.97. The van der Waals surface area contributed by atoms with E-state index >= 15 is 0 Å². The maximum atomic E-state index is 12.6. The Hall–Kier alpha value is -3.26. The average Bonchev–Trinajstić information content (AvgIpc) is 2.67. The second kappa shape index (κ2) is 7.63. The van der Waals surface area contributed by atoms with Gasteiger partial charge in [-0.2, -0.15) is 0 Å². The van der Waals surface area contributed by atoms with Gasteiger partial charge in [-0.15, -0.1) is 0 Å². The Bertz CT molecular complexity index is 1370. The van der Waals surface area contributed by atoms with Gasteiger partial charge >= 0.3 is 5.63 Å². The van der Waals surface area contributed by atoms with E-state index in [9.17, 15) is 14.4 Å². The van der Waals surface area contributed by atoms with Crippen molar-refractivity contribution in [3.63, 3.8) is 0 Å². The quantitative estimate of drug-likeness (QED) is 0.476. The number of nitrogens with one attached hydrogen (secondary N) is 1. The van der Waals surface area contributed by atoms with Crippen LogP contribution in [-0.4, -0.2) is 15.5 Å². The van der Waals surface area contributed by atoms with Crippen molar-refractivity contribution in [2.24, 2.45) is 0 Å². The van der Waals surface area contributed by atoms with Crippen LogP contribution in [0.4, 0.5) is 5.69 Å². The van der Waals surface area contributed by atoms with Gasteiger partial charge in [0.05, 0.1) is 17.2 Å². The fourth-order valence-electron chi connectivity index (χ4n) is 3.14. The van der Waals surface area contributed by atoms with Crippen molar-refractivity contribution in [3.05, 3.63) is 79.6 Å². The Morgan fingerprint density at radius 1 is 1.14 bits per heavy atom. The number of hydrogen-bond donors (Lipinski definition) is 1. The molecule has 2 heterocycles. The van der Waals surface area contributed by atoms with Crippen LogP contribution in [0.3, 0.4) is 0 Å². The molecule has 1 amide bonds. The minimum absolute atomic E-state index is 0.0941. The zero-order chi connectivity index (χ0) is 20.5. The third-order valence-corrected chi connectivity index (χ3v) is 5.09. The molecular formula is C21H16BrN3O4. The van der Waals surface area contributed by atoms with Crippen LogP contribution in [0.15, 0.2) is 67.3 Å². The number of halogens is 1. The highest BCUT2D eigenvalue weighted by Crippen LogP contribution is 2.21. The van der Waals surface area contributed by atoms with Crippen molar-refractivity contribution < 1.29 is 9.21 Å². The predicted molar refractivity (Wildman–Crippen MR) is 114 cm³/mol. The lowest BCUT2D eigenvalue weighted by atomic mass is 10.1. The highest BCUT2D eigenvalue weighted by Gasteiger charge is 2.09. The summed E-state index contributed by atoms with van der Waals surface area (Å²) < 4.78 is 7.40. The fraction of sp³-hybridized carbons (Fsp3) is 0.143. The summed E-state index contributed by atoms with van der Waals surface area (Å²) in [7, 11) is 0. The summed E-state index contributed by atoms with van der Waals surface area (Å²) in [5.41, 5.74) is 1.70. The van der Waals surface area contributed by atoms with Crippen molar-refractivity contribution in [1.82, 2.24) is 9.55 Å². The highest BCUT2D eigenvalue weighted by atomic mass is 79.9. The smallest absolute Gasteiger partial charge is 0.336 e. The van der Waals surface area contributed by atoms with Crippen LogP contribution in [0.25, 0.3) is 21.9 Å². The first-order valence-electron chi connectivity index (χ1n) is 8.90. The van der Waals surface area contributed by atoms with E-state index in [1.807, 2.05) is 13.0 Å². The van der Waals surface area contributed by atoms with Gasteiger partial charge in [0, 0.05) is 40.6 Å². The summed E-state index contributed by atoms with van der Waals surface area (Å²) >= 11 is 3.35. The van der Waals surface area contributed by atoms with Crippen LogP contribution >= 0.6 is 15.9 Å². The molecule has 1 N–H and O–H groups in total. The fourth-order valence-corrected chi connectivity index (χ4v) is 3.50. The number of benzene rings is 2. The number of anilines is 1. The Morgan fingerprint density at radius 2 is 1.97 bits per heavy atom. The topological polar surface area (TPSA) is 94.2 Å². The van der Waals surface area contributed by atoms with Crippen LogP contribution < -0.4 is 16.5 Å². The van der Waals surface area contributed by atoms with Crippen LogP contribution in [-0.2, 0) is 11.3 Å². The normalized spacial score (nSPS) is 11.1.